The topological polar surface area (TPSA) is 37.4 Å². The van der Waals surface area contributed by atoms with Gasteiger partial charge in [0.2, 0.25) is 0 Å². The summed E-state index contributed by atoms with van der Waals surface area (Å²) in [5.74, 6) is 0.0920. The fourth-order valence-electron chi connectivity index (χ4n) is 6.75. The summed E-state index contributed by atoms with van der Waals surface area (Å²) in [6, 6.07) is 33.1. The second-order valence-electron chi connectivity index (χ2n) is 10.1. The Labute approximate surface area is 212 Å². The Kier molecular flexibility index (Phi) is 5.59. The molecule has 1 aliphatic heterocycles. The number of Topliss-reactive ketones (excluding diaryl/α,β-unsaturated/α-hetero) is 1. The van der Waals surface area contributed by atoms with Crippen LogP contribution < -0.4 is 5.30 Å². The van der Waals surface area contributed by atoms with Crippen LogP contribution in [-0.2, 0) is 14.5 Å². The number of nitrogens with zero attached hydrogens (tertiary/aromatic N) is 1. The summed E-state index contributed by atoms with van der Waals surface area (Å²) in [7, 11) is -1.27. The van der Waals surface area contributed by atoms with E-state index in [4.69, 9.17) is 0 Å². The molecule has 6 rings (SSSR count). The first-order chi connectivity index (χ1) is 17.5. The van der Waals surface area contributed by atoms with Gasteiger partial charge in [-0.15, -0.1) is 0 Å². The van der Waals surface area contributed by atoms with E-state index in [0.29, 0.717) is 12.8 Å². The molecule has 0 aromatic heterocycles. The SMILES string of the molecule is CC(=O)CC[C@]12c3ccccc3C=C[C@H]1[C@@H](c1ccccc1)N(C)P2(=O)c1cccc2ccccc12. The molecule has 0 radical (unpaired) electrons. The predicted octanol–water partition coefficient (Wildman–Crippen LogP) is 7.34. The van der Waals surface area contributed by atoms with E-state index in [1.54, 1.807) is 6.92 Å². The molecule has 2 aliphatic rings. The van der Waals surface area contributed by atoms with Crippen LogP contribution in [0.15, 0.2) is 103 Å². The van der Waals surface area contributed by atoms with Crippen LogP contribution >= 0.6 is 7.29 Å². The summed E-state index contributed by atoms with van der Waals surface area (Å²) in [6.45, 7) is 1.65. The molecule has 4 aromatic rings. The first-order valence-corrected chi connectivity index (χ1v) is 14.3. The van der Waals surface area contributed by atoms with Gasteiger partial charge in [-0.05, 0) is 53.9 Å². The van der Waals surface area contributed by atoms with Crippen molar-refractivity contribution in [3.8, 4) is 0 Å². The lowest BCUT2D eigenvalue weighted by Crippen LogP contribution is -2.37. The van der Waals surface area contributed by atoms with Crippen molar-refractivity contribution in [1.29, 1.82) is 0 Å². The lowest BCUT2D eigenvalue weighted by Gasteiger charge is -2.43. The van der Waals surface area contributed by atoms with Gasteiger partial charge < -0.3 is 9.36 Å². The highest BCUT2D eigenvalue weighted by Crippen LogP contribution is 2.80. The molecule has 4 heteroatoms. The van der Waals surface area contributed by atoms with Gasteiger partial charge in [0.05, 0.1) is 5.16 Å². The van der Waals surface area contributed by atoms with E-state index >= 15 is 4.57 Å². The Balaban J connectivity index is 1.73. The number of fused-ring (bicyclic) bond motifs is 4. The van der Waals surface area contributed by atoms with Crippen molar-refractivity contribution in [3.05, 3.63) is 120 Å². The molecule has 1 saturated heterocycles. The quantitative estimate of drug-likeness (QED) is 0.274. The van der Waals surface area contributed by atoms with Crippen LogP contribution in [0, 0.1) is 5.92 Å². The van der Waals surface area contributed by atoms with Crippen LogP contribution in [0.2, 0.25) is 0 Å². The van der Waals surface area contributed by atoms with E-state index in [1.807, 2.05) is 43.4 Å². The monoisotopic (exact) mass is 491 g/mol. The molecule has 180 valence electrons. The summed E-state index contributed by atoms with van der Waals surface area (Å²) in [4.78, 5) is 12.5. The summed E-state index contributed by atoms with van der Waals surface area (Å²) in [5.41, 5.74) is 3.35. The van der Waals surface area contributed by atoms with Crippen LogP contribution in [0.1, 0.15) is 42.5 Å². The minimum Gasteiger partial charge on any atom is -0.300 e. The smallest absolute Gasteiger partial charge is 0.190 e. The van der Waals surface area contributed by atoms with Gasteiger partial charge in [0, 0.05) is 23.7 Å². The van der Waals surface area contributed by atoms with E-state index in [9.17, 15) is 4.79 Å². The number of hydrogen-bond donors (Lipinski definition) is 0. The Morgan fingerprint density at radius 3 is 2.39 bits per heavy atom. The summed E-state index contributed by atoms with van der Waals surface area (Å²) in [5, 5.41) is 2.28. The zero-order valence-electron chi connectivity index (χ0n) is 20.7. The normalized spacial score (nSPS) is 27.1. The van der Waals surface area contributed by atoms with E-state index in [2.05, 4.69) is 77.5 Å². The third-order valence-electron chi connectivity index (χ3n) is 8.28. The zero-order chi connectivity index (χ0) is 24.9. The zero-order valence-corrected chi connectivity index (χ0v) is 21.6. The molecule has 0 saturated carbocycles. The number of rotatable bonds is 5. The first-order valence-electron chi connectivity index (χ1n) is 12.6. The van der Waals surface area contributed by atoms with Crippen molar-refractivity contribution in [2.45, 2.75) is 31.0 Å². The summed E-state index contributed by atoms with van der Waals surface area (Å²) >= 11 is 0. The van der Waals surface area contributed by atoms with Crippen molar-refractivity contribution in [1.82, 2.24) is 4.67 Å². The minimum absolute atomic E-state index is 0.0380. The van der Waals surface area contributed by atoms with Crippen molar-refractivity contribution >= 4 is 35.2 Å². The molecule has 4 aromatic carbocycles. The van der Waals surface area contributed by atoms with Gasteiger partial charge >= 0.3 is 0 Å². The molecule has 36 heavy (non-hydrogen) atoms. The fourth-order valence-corrected chi connectivity index (χ4v) is 11.1. The largest absolute Gasteiger partial charge is 0.300 e. The average Bonchev–Trinajstić information content (AvgIpc) is 3.12. The van der Waals surface area contributed by atoms with Crippen molar-refractivity contribution in [2.75, 3.05) is 7.05 Å². The number of ketones is 1. The Hall–Kier alpha value is -3.26. The van der Waals surface area contributed by atoms with Gasteiger partial charge in [-0.3, -0.25) is 0 Å². The Morgan fingerprint density at radius 2 is 1.58 bits per heavy atom. The maximum atomic E-state index is 16.2. The van der Waals surface area contributed by atoms with Crippen LogP contribution in [0.5, 0.6) is 0 Å². The van der Waals surface area contributed by atoms with Crippen LogP contribution in [0.4, 0.5) is 0 Å². The molecule has 1 aliphatic carbocycles. The molecule has 3 nitrogen and oxygen atoms in total. The maximum Gasteiger partial charge on any atom is 0.190 e. The van der Waals surface area contributed by atoms with Crippen molar-refractivity contribution in [3.63, 3.8) is 0 Å². The molecule has 1 heterocycles. The molecule has 1 unspecified atom stereocenters. The molecule has 1 fully saturated rings. The summed E-state index contributed by atoms with van der Waals surface area (Å²) in [6.07, 6.45) is 5.39. The standard InChI is InChI=1S/C32H30NO2P/c1-23(34)21-22-32-28-17-9-7-12-25(28)19-20-29(32)31(26-13-4-3-5-14-26)33(2)36(32,35)30-18-10-15-24-11-6-8-16-27(24)30/h3-20,29,31H,21-22H2,1-2H3/t29-,31+,32-,36?/m0/s1. The Morgan fingerprint density at radius 1 is 0.889 bits per heavy atom. The van der Waals surface area contributed by atoms with E-state index < -0.39 is 12.4 Å². The lowest BCUT2D eigenvalue weighted by atomic mass is 9.71. The first kappa shape index (κ1) is 23.2. The maximum absolute atomic E-state index is 16.2. The molecule has 0 bridgehead atoms. The van der Waals surface area contributed by atoms with E-state index in [-0.39, 0.29) is 17.7 Å². The third-order valence-corrected chi connectivity index (χ3v) is 12.3. The molecule has 4 atom stereocenters. The third kappa shape index (κ3) is 3.16. The van der Waals surface area contributed by atoms with Crippen LogP contribution in [0.3, 0.4) is 0 Å². The number of benzene rings is 4. The van der Waals surface area contributed by atoms with Gasteiger partial charge in [0.25, 0.3) is 0 Å². The highest BCUT2D eigenvalue weighted by Gasteiger charge is 2.67. The molecule has 0 N–H and O–H groups in total. The fraction of sp³-hybridized carbons (Fsp3) is 0.219. The number of carbonyl (C=O) groups is 1. The predicted molar refractivity (Wildman–Crippen MR) is 149 cm³/mol. The number of hydrogen-bond acceptors (Lipinski definition) is 2. The van der Waals surface area contributed by atoms with Gasteiger partial charge in [0.15, 0.2) is 7.29 Å². The van der Waals surface area contributed by atoms with Gasteiger partial charge in [0.1, 0.15) is 5.78 Å². The van der Waals surface area contributed by atoms with Crippen molar-refractivity contribution in [2.24, 2.45) is 5.92 Å². The molecular weight excluding hydrogens is 461 g/mol. The second-order valence-corrected chi connectivity index (χ2v) is 13.2. The molecule has 0 amide bonds. The lowest BCUT2D eigenvalue weighted by molar-refractivity contribution is -0.117. The molecular formula is C32H30NO2P. The minimum atomic E-state index is -3.30. The van der Waals surface area contributed by atoms with Gasteiger partial charge in [-0.25, -0.2) is 4.67 Å². The average molecular weight is 492 g/mol. The van der Waals surface area contributed by atoms with Gasteiger partial charge in [-0.2, -0.15) is 0 Å². The summed E-state index contributed by atoms with van der Waals surface area (Å²) < 4.78 is 18.4. The number of carbonyl (C=O) groups excluding carboxylic acids is 1. The highest BCUT2D eigenvalue weighted by molar-refractivity contribution is 7.71. The molecule has 0 spiro atoms. The van der Waals surface area contributed by atoms with Crippen LogP contribution in [0.25, 0.3) is 16.8 Å². The Bertz CT molecular complexity index is 1540. The highest BCUT2D eigenvalue weighted by atomic mass is 31.2. The van der Waals surface area contributed by atoms with E-state index in [1.165, 1.54) is 0 Å². The van der Waals surface area contributed by atoms with Crippen LogP contribution in [-0.4, -0.2) is 17.5 Å². The van der Waals surface area contributed by atoms with E-state index in [0.717, 1.165) is 32.8 Å². The van der Waals surface area contributed by atoms with Gasteiger partial charge in [-0.1, -0.05) is 103 Å². The van der Waals surface area contributed by atoms with Crippen molar-refractivity contribution < 1.29 is 9.36 Å². The second kappa shape index (κ2) is 8.69.